The van der Waals surface area contributed by atoms with E-state index in [0.717, 1.165) is 6.20 Å². The fourth-order valence-corrected chi connectivity index (χ4v) is 2.37. The van der Waals surface area contributed by atoms with Crippen LogP contribution in [0.25, 0.3) is 0 Å². The van der Waals surface area contributed by atoms with Gasteiger partial charge in [-0.05, 0) is 18.2 Å². The highest BCUT2D eigenvalue weighted by Gasteiger charge is 2.35. The molecule has 21 heavy (non-hydrogen) atoms. The third-order valence-corrected chi connectivity index (χ3v) is 3.66. The minimum atomic E-state index is -4.57. The van der Waals surface area contributed by atoms with Crippen molar-refractivity contribution in [2.24, 2.45) is 0 Å². The molecule has 2 rings (SSSR count). The molecule has 0 N–H and O–H groups in total. The Hall–Kier alpha value is -2.09. The summed E-state index contributed by atoms with van der Waals surface area (Å²) < 4.78 is 47.6. The summed E-state index contributed by atoms with van der Waals surface area (Å²) in [5.41, 5.74) is 0.120. The molecule has 2 aromatic rings. The predicted octanol–water partition coefficient (Wildman–Crippen LogP) is 3.41. The summed E-state index contributed by atoms with van der Waals surface area (Å²) in [6, 6.07) is 4.51. The predicted molar refractivity (Wildman–Crippen MR) is 70.1 cm³/mol. The van der Waals surface area contributed by atoms with Gasteiger partial charge in [-0.15, -0.1) is 11.3 Å². The van der Waals surface area contributed by atoms with Gasteiger partial charge in [0.25, 0.3) is 0 Å². The number of halogens is 3. The van der Waals surface area contributed by atoms with E-state index in [2.05, 4.69) is 4.98 Å². The lowest BCUT2D eigenvalue weighted by Gasteiger charge is -2.08. The SMILES string of the molecule is COc1ccc(OC)c(C(=O)c2cnc(C(F)(F)F)s2)c1. The maximum absolute atomic E-state index is 12.5. The summed E-state index contributed by atoms with van der Waals surface area (Å²) in [7, 11) is 2.79. The van der Waals surface area contributed by atoms with Crippen molar-refractivity contribution in [3.63, 3.8) is 0 Å². The summed E-state index contributed by atoms with van der Waals surface area (Å²) in [6.07, 6.45) is -3.66. The smallest absolute Gasteiger partial charge is 0.443 e. The van der Waals surface area contributed by atoms with Gasteiger partial charge in [-0.2, -0.15) is 13.2 Å². The third kappa shape index (κ3) is 3.15. The van der Waals surface area contributed by atoms with Gasteiger partial charge in [0.1, 0.15) is 11.5 Å². The number of hydrogen-bond acceptors (Lipinski definition) is 5. The van der Waals surface area contributed by atoms with Crippen molar-refractivity contribution in [1.29, 1.82) is 0 Å². The summed E-state index contributed by atoms with van der Waals surface area (Å²) in [5.74, 6) is 0.0567. The zero-order chi connectivity index (χ0) is 15.6. The van der Waals surface area contributed by atoms with Gasteiger partial charge in [0.2, 0.25) is 5.78 Å². The first-order valence-electron chi connectivity index (χ1n) is 5.66. The van der Waals surface area contributed by atoms with E-state index in [4.69, 9.17) is 9.47 Å². The summed E-state index contributed by atoms with van der Waals surface area (Å²) >= 11 is 0.293. The van der Waals surface area contributed by atoms with Gasteiger partial charge >= 0.3 is 6.18 Å². The number of thiazole rings is 1. The van der Waals surface area contributed by atoms with E-state index in [0.29, 0.717) is 17.1 Å². The van der Waals surface area contributed by atoms with Crippen LogP contribution < -0.4 is 9.47 Å². The van der Waals surface area contributed by atoms with Crippen LogP contribution in [0.1, 0.15) is 20.2 Å². The van der Waals surface area contributed by atoms with E-state index in [1.807, 2.05) is 0 Å². The monoisotopic (exact) mass is 317 g/mol. The number of carbonyl (C=O) groups excluding carboxylic acids is 1. The van der Waals surface area contributed by atoms with Crippen LogP contribution in [0.2, 0.25) is 0 Å². The molecular formula is C13H10F3NO3S. The van der Waals surface area contributed by atoms with Crippen LogP contribution in [0.5, 0.6) is 11.5 Å². The lowest BCUT2D eigenvalue weighted by molar-refractivity contribution is -0.137. The number of ether oxygens (including phenoxy) is 2. The Balaban J connectivity index is 2.42. The number of benzene rings is 1. The first-order valence-corrected chi connectivity index (χ1v) is 6.48. The van der Waals surface area contributed by atoms with Gasteiger partial charge in [-0.3, -0.25) is 4.79 Å². The molecule has 0 amide bonds. The molecular weight excluding hydrogens is 307 g/mol. The Bertz CT molecular complexity index is 667. The highest BCUT2D eigenvalue weighted by Crippen LogP contribution is 2.34. The van der Waals surface area contributed by atoms with Crippen LogP contribution in [0.3, 0.4) is 0 Å². The third-order valence-electron chi connectivity index (χ3n) is 2.62. The first-order chi connectivity index (χ1) is 9.86. The van der Waals surface area contributed by atoms with Crippen molar-refractivity contribution in [2.75, 3.05) is 14.2 Å². The van der Waals surface area contributed by atoms with E-state index < -0.39 is 17.0 Å². The largest absolute Gasteiger partial charge is 0.497 e. The van der Waals surface area contributed by atoms with E-state index in [-0.39, 0.29) is 16.2 Å². The van der Waals surface area contributed by atoms with Crippen molar-refractivity contribution in [2.45, 2.75) is 6.18 Å². The maximum Gasteiger partial charge on any atom is 0.443 e. The molecule has 0 saturated heterocycles. The molecule has 8 heteroatoms. The van der Waals surface area contributed by atoms with Crippen LogP contribution in [-0.4, -0.2) is 25.0 Å². The number of rotatable bonds is 4. The van der Waals surface area contributed by atoms with Crippen molar-refractivity contribution in [1.82, 2.24) is 4.98 Å². The van der Waals surface area contributed by atoms with Gasteiger partial charge in [0.15, 0.2) is 5.01 Å². The second-order valence-corrected chi connectivity index (χ2v) is 4.95. The van der Waals surface area contributed by atoms with Crippen LogP contribution in [0.15, 0.2) is 24.4 Å². The number of methoxy groups -OCH3 is 2. The number of carbonyl (C=O) groups is 1. The number of nitrogens with zero attached hydrogens (tertiary/aromatic N) is 1. The minimum absolute atomic E-state index is 0.117. The zero-order valence-electron chi connectivity index (χ0n) is 11.0. The van der Waals surface area contributed by atoms with E-state index in [9.17, 15) is 18.0 Å². The minimum Gasteiger partial charge on any atom is -0.497 e. The lowest BCUT2D eigenvalue weighted by Crippen LogP contribution is -2.03. The van der Waals surface area contributed by atoms with E-state index in [1.165, 1.54) is 26.4 Å². The summed E-state index contributed by atoms with van der Waals surface area (Å²) in [4.78, 5) is 15.4. The molecule has 0 fully saturated rings. The molecule has 112 valence electrons. The molecule has 4 nitrogen and oxygen atoms in total. The van der Waals surface area contributed by atoms with Crippen LogP contribution in [-0.2, 0) is 6.18 Å². The Morgan fingerprint density at radius 1 is 1.24 bits per heavy atom. The molecule has 1 heterocycles. The van der Waals surface area contributed by atoms with Gasteiger partial charge in [-0.25, -0.2) is 4.98 Å². The molecule has 0 aliphatic heterocycles. The van der Waals surface area contributed by atoms with Crippen molar-refractivity contribution >= 4 is 17.1 Å². The number of aromatic nitrogens is 1. The molecule has 0 unspecified atom stereocenters. The van der Waals surface area contributed by atoms with Gasteiger partial charge in [0.05, 0.1) is 24.7 Å². The fourth-order valence-electron chi connectivity index (χ4n) is 1.63. The zero-order valence-corrected chi connectivity index (χ0v) is 11.8. The van der Waals surface area contributed by atoms with Gasteiger partial charge in [0, 0.05) is 6.20 Å². The molecule has 0 atom stereocenters. The standard InChI is InChI=1S/C13H10F3NO3S/c1-19-7-3-4-9(20-2)8(5-7)11(18)10-6-17-12(21-10)13(14,15)16/h3-6H,1-2H3. The van der Waals surface area contributed by atoms with Crippen LogP contribution in [0, 0.1) is 0 Å². The lowest BCUT2D eigenvalue weighted by atomic mass is 10.1. The number of ketones is 1. The Labute approximate surface area is 122 Å². The van der Waals surface area contributed by atoms with Crippen LogP contribution in [0.4, 0.5) is 13.2 Å². The molecule has 0 aliphatic carbocycles. The van der Waals surface area contributed by atoms with E-state index in [1.54, 1.807) is 6.07 Å². The van der Waals surface area contributed by atoms with Crippen LogP contribution >= 0.6 is 11.3 Å². The average molecular weight is 317 g/mol. The molecule has 0 saturated carbocycles. The topological polar surface area (TPSA) is 48.4 Å². The Kier molecular flexibility index (Phi) is 4.17. The quantitative estimate of drug-likeness (QED) is 0.811. The van der Waals surface area contributed by atoms with Crippen molar-refractivity contribution < 1.29 is 27.4 Å². The second kappa shape index (κ2) is 5.72. The van der Waals surface area contributed by atoms with E-state index >= 15 is 0 Å². The fraction of sp³-hybridized carbons (Fsp3) is 0.231. The molecule has 0 spiro atoms. The van der Waals surface area contributed by atoms with Gasteiger partial charge in [-0.1, -0.05) is 0 Å². The van der Waals surface area contributed by atoms with Gasteiger partial charge < -0.3 is 9.47 Å². The molecule has 0 radical (unpaired) electrons. The normalized spacial score (nSPS) is 11.3. The molecule has 1 aromatic carbocycles. The Morgan fingerprint density at radius 3 is 2.48 bits per heavy atom. The average Bonchev–Trinajstić information content (AvgIpc) is 2.95. The number of hydrogen-bond donors (Lipinski definition) is 0. The highest BCUT2D eigenvalue weighted by molar-refractivity contribution is 7.14. The second-order valence-electron chi connectivity index (χ2n) is 3.92. The van der Waals surface area contributed by atoms with Crippen molar-refractivity contribution in [3.05, 3.63) is 39.8 Å². The maximum atomic E-state index is 12.5. The summed E-state index contributed by atoms with van der Waals surface area (Å²) in [6.45, 7) is 0. The summed E-state index contributed by atoms with van der Waals surface area (Å²) in [5, 5.41) is -1.06. The Morgan fingerprint density at radius 2 is 1.95 bits per heavy atom. The van der Waals surface area contributed by atoms with Crippen molar-refractivity contribution in [3.8, 4) is 11.5 Å². The molecule has 1 aromatic heterocycles. The number of alkyl halides is 3. The molecule has 0 aliphatic rings. The first kappa shape index (κ1) is 15.3. The molecule has 0 bridgehead atoms. The highest BCUT2D eigenvalue weighted by atomic mass is 32.1.